The number of morpholine rings is 1. The highest BCUT2D eigenvalue weighted by Crippen LogP contribution is 2.37. The Hall–Kier alpha value is -3.12. The third-order valence-electron chi connectivity index (χ3n) is 5.26. The second-order valence-electron chi connectivity index (χ2n) is 7.56. The number of nitrogens with zero attached hydrogens (tertiary/aromatic N) is 2. The number of fused-ring (bicyclic) bond motifs is 1. The molecule has 2 heterocycles. The van der Waals surface area contributed by atoms with Gasteiger partial charge in [-0.25, -0.2) is 4.98 Å². The first-order chi connectivity index (χ1) is 14.6. The third kappa shape index (κ3) is 4.09. The summed E-state index contributed by atoms with van der Waals surface area (Å²) in [6, 6.07) is 15.8. The normalized spacial score (nSPS) is 19.0. The van der Waals surface area contributed by atoms with Gasteiger partial charge in [0.2, 0.25) is 5.88 Å². The highest BCUT2D eigenvalue weighted by Gasteiger charge is 2.26. The van der Waals surface area contributed by atoms with Gasteiger partial charge in [0.05, 0.1) is 19.3 Å². The zero-order valence-corrected chi connectivity index (χ0v) is 17.5. The average molecular weight is 406 g/mol. The number of carbonyl (C=O) groups excluding carboxylic acids is 1. The molecule has 2 aromatic carbocycles. The second kappa shape index (κ2) is 8.71. The molecule has 0 N–H and O–H groups in total. The van der Waals surface area contributed by atoms with Crippen LogP contribution in [0.1, 0.15) is 13.8 Å². The fourth-order valence-corrected chi connectivity index (χ4v) is 4.00. The SMILES string of the molecule is COc1ncccc1-c1ccc(OCC(=O)N2C[C@@H](C)O[C@@H](C)C2)c2ccccc12. The summed E-state index contributed by atoms with van der Waals surface area (Å²) in [5.41, 5.74) is 1.92. The van der Waals surface area contributed by atoms with Gasteiger partial charge in [-0.05, 0) is 49.1 Å². The first-order valence-electron chi connectivity index (χ1n) is 10.1. The van der Waals surface area contributed by atoms with Gasteiger partial charge in [0.1, 0.15) is 5.75 Å². The molecule has 1 amide bonds. The van der Waals surface area contributed by atoms with Crippen LogP contribution in [-0.4, -0.2) is 54.8 Å². The summed E-state index contributed by atoms with van der Waals surface area (Å²) in [5, 5.41) is 1.96. The number of hydrogen-bond acceptors (Lipinski definition) is 5. The number of pyridine rings is 1. The minimum absolute atomic E-state index is 0.000997. The van der Waals surface area contributed by atoms with Gasteiger partial charge in [-0.15, -0.1) is 0 Å². The average Bonchev–Trinajstić information content (AvgIpc) is 2.76. The van der Waals surface area contributed by atoms with Crippen molar-refractivity contribution in [3.05, 3.63) is 54.7 Å². The Kier molecular flexibility index (Phi) is 5.86. The van der Waals surface area contributed by atoms with E-state index in [-0.39, 0.29) is 24.7 Å². The van der Waals surface area contributed by atoms with Crippen molar-refractivity contribution in [3.63, 3.8) is 0 Å². The van der Waals surface area contributed by atoms with Crippen LogP contribution in [0.15, 0.2) is 54.7 Å². The quantitative estimate of drug-likeness (QED) is 0.643. The van der Waals surface area contributed by atoms with Gasteiger partial charge < -0.3 is 19.1 Å². The largest absolute Gasteiger partial charge is 0.483 e. The number of amides is 1. The minimum Gasteiger partial charge on any atom is -0.483 e. The van der Waals surface area contributed by atoms with Gasteiger partial charge in [-0.1, -0.05) is 24.3 Å². The highest BCUT2D eigenvalue weighted by atomic mass is 16.5. The van der Waals surface area contributed by atoms with Crippen molar-refractivity contribution in [1.82, 2.24) is 9.88 Å². The first kappa shape index (κ1) is 20.2. The van der Waals surface area contributed by atoms with Crippen molar-refractivity contribution >= 4 is 16.7 Å². The van der Waals surface area contributed by atoms with E-state index in [0.29, 0.717) is 24.7 Å². The molecule has 1 aliphatic rings. The van der Waals surface area contributed by atoms with Gasteiger partial charge in [0.15, 0.2) is 6.61 Å². The van der Waals surface area contributed by atoms with Crippen LogP contribution in [0.25, 0.3) is 21.9 Å². The van der Waals surface area contributed by atoms with Crippen LogP contribution < -0.4 is 9.47 Å². The van der Waals surface area contributed by atoms with E-state index in [0.717, 1.165) is 21.9 Å². The van der Waals surface area contributed by atoms with E-state index in [4.69, 9.17) is 14.2 Å². The molecule has 4 rings (SSSR count). The minimum atomic E-state index is -0.0286. The van der Waals surface area contributed by atoms with Crippen LogP contribution in [0.4, 0.5) is 0 Å². The van der Waals surface area contributed by atoms with E-state index in [9.17, 15) is 4.79 Å². The van der Waals surface area contributed by atoms with Crippen LogP contribution in [0.2, 0.25) is 0 Å². The fourth-order valence-electron chi connectivity index (χ4n) is 4.00. The Bertz CT molecular complexity index is 1040. The van der Waals surface area contributed by atoms with Gasteiger partial charge in [0, 0.05) is 30.2 Å². The zero-order chi connectivity index (χ0) is 21.1. The molecule has 1 aliphatic heterocycles. The summed E-state index contributed by atoms with van der Waals surface area (Å²) >= 11 is 0. The lowest BCUT2D eigenvalue weighted by molar-refractivity contribution is -0.145. The molecule has 2 atom stereocenters. The molecule has 0 aliphatic carbocycles. The lowest BCUT2D eigenvalue weighted by atomic mass is 9.98. The molecule has 0 bridgehead atoms. The summed E-state index contributed by atoms with van der Waals surface area (Å²) in [6.07, 6.45) is 1.78. The smallest absolute Gasteiger partial charge is 0.260 e. The first-order valence-corrected chi connectivity index (χ1v) is 10.1. The van der Waals surface area contributed by atoms with Crippen molar-refractivity contribution in [3.8, 4) is 22.8 Å². The molecule has 0 unspecified atom stereocenters. The highest BCUT2D eigenvalue weighted by molar-refractivity contribution is 6.01. The van der Waals surface area contributed by atoms with E-state index in [2.05, 4.69) is 4.98 Å². The molecule has 0 saturated carbocycles. The van der Waals surface area contributed by atoms with Crippen LogP contribution in [0.5, 0.6) is 11.6 Å². The monoisotopic (exact) mass is 406 g/mol. The number of rotatable bonds is 5. The zero-order valence-electron chi connectivity index (χ0n) is 17.5. The summed E-state index contributed by atoms with van der Waals surface area (Å²) in [6.45, 7) is 5.14. The molecule has 1 fully saturated rings. The van der Waals surface area contributed by atoms with Crippen molar-refractivity contribution in [1.29, 1.82) is 0 Å². The standard InChI is InChI=1S/C24H26N2O4/c1-16-13-26(14-17(2)30-16)23(27)15-29-22-11-10-19(18-7-4-5-8-20(18)22)21-9-6-12-25-24(21)28-3/h4-12,16-17H,13-15H2,1-3H3/t16-,17+. The topological polar surface area (TPSA) is 60.9 Å². The summed E-state index contributed by atoms with van der Waals surface area (Å²) < 4.78 is 17.1. The van der Waals surface area contributed by atoms with Crippen molar-refractivity contribution < 1.29 is 19.0 Å². The predicted octanol–water partition coefficient (Wildman–Crippen LogP) is 3.93. The lowest BCUT2D eigenvalue weighted by Gasteiger charge is -2.35. The number of hydrogen-bond donors (Lipinski definition) is 0. The lowest BCUT2D eigenvalue weighted by Crippen LogP contribution is -2.49. The fraction of sp³-hybridized carbons (Fsp3) is 0.333. The Morgan fingerprint density at radius 3 is 2.50 bits per heavy atom. The summed E-state index contributed by atoms with van der Waals surface area (Å²) in [5.74, 6) is 1.22. The third-order valence-corrected chi connectivity index (χ3v) is 5.26. The van der Waals surface area contributed by atoms with Gasteiger partial charge in [-0.2, -0.15) is 0 Å². The van der Waals surface area contributed by atoms with Crippen molar-refractivity contribution in [2.24, 2.45) is 0 Å². The molecule has 6 heteroatoms. The van der Waals surface area contributed by atoms with E-state index < -0.39 is 0 Å². The van der Waals surface area contributed by atoms with E-state index >= 15 is 0 Å². The summed E-state index contributed by atoms with van der Waals surface area (Å²) in [7, 11) is 1.62. The molecular formula is C24H26N2O4. The van der Waals surface area contributed by atoms with E-state index in [1.165, 1.54) is 0 Å². The number of ether oxygens (including phenoxy) is 3. The van der Waals surface area contributed by atoms with Crippen LogP contribution in [-0.2, 0) is 9.53 Å². The Morgan fingerprint density at radius 1 is 1.03 bits per heavy atom. The molecule has 30 heavy (non-hydrogen) atoms. The van der Waals surface area contributed by atoms with Crippen LogP contribution >= 0.6 is 0 Å². The summed E-state index contributed by atoms with van der Waals surface area (Å²) in [4.78, 5) is 18.8. The van der Waals surface area contributed by atoms with E-state index in [1.807, 2.05) is 67.3 Å². The maximum Gasteiger partial charge on any atom is 0.260 e. The number of carbonyl (C=O) groups is 1. The maximum atomic E-state index is 12.7. The Balaban J connectivity index is 1.60. The molecular weight excluding hydrogens is 380 g/mol. The number of methoxy groups -OCH3 is 1. The van der Waals surface area contributed by atoms with Gasteiger partial charge in [-0.3, -0.25) is 4.79 Å². The molecule has 0 spiro atoms. The van der Waals surface area contributed by atoms with Gasteiger partial charge >= 0.3 is 0 Å². The molecule has 1 saturated heterocycles. The molecule has 1 aromatic heterocycles. The number of aromatic nitrogens is 1. The van der Waals surface area contributed by atoms with Crippen LogP contribution in [0, 0.1) is 0 Å². The van der Waals surface area contributed by atoms with Crippen molar-refractivity contribution in [2.45, 2.75) is 26.1 Å². The predicted molar refractivity (Wildman–Crippen MR) is 116 cm³/mol. The molecule has 156 valence electrons. The molecule has 0 radical (unpaired) electrons. The van der Waals surface area contributed by atoms with Gasteiger partial charge in [0.25, 0.3) is 5.91 Å². The molecule has 3 aromatic rings. The second-order valence-corrected chi connectivity index (χ2v) is 7.56. The van der Waals surface area contributed by atoms with Crippen molar-refractivity contribution in [2.75, 3.05) is 26.8 Å². The Labute approximate surface area is 176 Å². The van der Waals surface area contributed by atoms with E-state index in [1.54, 1.807) is 13.3 Å². The maximum absolute atomic E-state index is 12.7. The Morgan fingerprint density at radius 2 is 1.77 bits per heavy atom. The molecule has 6 nitrogen and oxygen atoms in total. The number of benzene rings is 2. The van der Waals surface area contributed by atoms with Crippen LogP contribution in [0.3, 0.4) is 0 Å².